The molecule has 152 valence electrons. The number of nitrogens with zero attached hydrogens (tertiary/aromatic N) is 3. The quantitative estimate of drug-likeness (QED) is 0.363. The number of hydrogen-bond acceptors (Lipinski definition) is 6. The maximum Gasteiger partial charge on any atom is 0.336 e. The number of rotatable bonds is 6. The molecule has 0 saturated heterocycles. The van der Waals surface area contributed by atoms with Gasteiger partial charge >= 0.3 is 5.63 Å². The van der Waals surface area contributed by atoms with Crippen molar-refractivity contribution >= 4 is 22.7 Å². The molecule has 0 unspecified atom stereocenters. The lowest BCUT2D eigenvalue weighted by Crippen LogP contribution is -2.06. The van der Waals surface area contributed by atoms with Crippen LogP contribution in [0.3, 0.4) is 0 Å². The fourth-order valence-corrected chi connectivity index (χ4v) is 4.58. The molecular formula is C23H21N3O3S. The summed E-state index contributed by atoms with van der Waals surface area (Å²) in [5.74, 6) is 2.21. The van der Waals surface area contributed by atoms with E-state index >= 15 is 0 Å². The highest BCUT2D eigenvalue weighted by Gasteiger charge is 2.30. The van der Waals surface area contributed by atoms with Gasteiger partial charge in [-0.2, -0.15) is 0 Å². The van der Waals surface area contributed by atoms with Gasteiger partial charge in [0.25, 0.3) is 0 Å². The summed E-state index contributed by atoms with van der Waals surface area (Å²) in [6, 6.07) is 15.2. The van der Waals surface area contributed by atoms with Crippen molar-refractivity contribution in [3.63, 3.8) is 0 Å². The fraction of sp³-hybridized carbons (Fsp3) is 0.261. The number of aryl methyl sites for hydroxylation is 1. The van der Waals surface area contributed by atoms with E-state index in [1.165, 1.54) is 11.6 Å². The predicted octanol–water partition coefficient (Wildman–Crippen LogP) is 4.62. The SMILES string of the molecule is Cc1c(O)ccc2c(CSc3nnc(C4CC4)n3Cc3ccccc3)cc(=O)oc12. The van der Waals surface area contributed by atoms with Gasteiger partial charge in [0, 0.05) is 28.7 Å². The summed E-state index contributed by atoms with van der Waals surface area (Å²) in [4.78, 5) is 12.1. The lowest BCUT2D eigenvalue weighted by molar-refractivity contribution is 0.468. The first kappa shape index (κ1) is 18.9. The van der Waals surface area contributed by atoms with E-state index in [-0.39, 0.29) is 5.75 Å². The molecule has 0 bridgehead atoms. The van der Waals surface area contributed by atoms with Crippen molar-refractivity contribution in [2.75, 3.05) is 0 Å². The molecule has 2 aromatic heterocycles. The van der Waals surface area contributed by atoms with E-state index in [0.717, 1.165) is 41.3 Å². The van der Waals surface area contributed by atoms with E-state index in [2.05, 4.69) is 26.9 Å². The lowest BCUT2D eigenvalue weighted by Gasteiger charge is -2.11. The second kappa shape index (κ2) is 7.65. The Morgan fingerprint density at radius 3 is 2.73 bits per heavy atom. The van der Waals surface area contributed by atoms with Crippen LogP contribution in [0.2, 0.25) is 0 Å². The highest BCUT2D eigenvalue weighted by Crippen LogP contribution is 2.40. The molecule has 2 heterocycles. The van der Waals surface area contributed by atoms with Crippen LogP contribution in [0.15, 0.2) is 62.9 Å². The Hall–Kier alpha value is -3.06. The molecule has 1 saturated carbocycles. The van der Waals surface area contributed by atoms with Crippen LogP contribution in [-0.2, 0) is 12.3 Å². The Labute approximate surface area is 177 Å². The Morgan fingerprint density at radius 1 is 1.17 bits per heavy atom. The molecule has 1 aliphatic carbocycles. The van der Waals surface area contributed by atoms with Crippen LogP contribution >= 0.6 is 11.8 Å². The monoisotopic (exact) mass is 419 g/mol. The van der Waals surface area contributed by atoms with Crippen LogP contribution in [0.5, 0.6) is 5.75 Å². The van der Waals surface area contributed by atoms with E-state index in [4.69, 9.17) is 4.42 Å². The zero-order valence-electron chi connectivity index (χ0n) is 16.5. The van der Waals surface area contributed by atoms with Crippen LogP contribution in [-0.4, -0.2) is 19.9 Å². The summed E-state index contributed by atoms with van der Waals surface area (Å²) in [5, 5.41) is 20.6. The third-order valence-electron chi connectivity index (χ3n) is 5.45. The Balaban J connectivity index is 1.47. The Bertz CT molecular complexity index is 1280. The molecule has 0 radical (unpaired) electrons. The first-order valence-corrected chi connectivity index (χ1v) is 10.9. The topological polar surface area (TPSA) is 81.2 Å². The molecule has 1 fully saturated rings. The number of hydrogen-bond donors (Lipinski definition) is 1. The maximum atomic E-state index is 12.1. The first-order valence-electron chi connectivity index (χ1n) is 9.95. The average Bonchev–Trinajstić information content (AvgIpc) is 3.52. The molecule has 2 aromatic carbocycles. The van der Waals surface area contributed by atoms with Crippen LogP contribution in [0, 0.1) is 6.92 Å². The van der Waals surface area contributed by atoms with Crippen molar-refractivity contribution in [1.82, 2.24) is 14.8 Å². The normalized spacial score (nSPS) is 13.8. The molecule has 6 nitrogen and oxygen atoms in total. The first-order chi connectivity index (χ1) is 14.6. The summed E-state index contributed by atoms with van der Waals surface area (Å²) in [6.07, 6.45) is 2.31. The largest absolute Gasteiger partial charge is 0.508 e. The molecule has 0 spiro atoms. The molecular weight excluding hydrogens is 398 g/mol. The van der Waals surface area contributed by atoms with Gasteiger partial charge in [0.05, 0.1) is 6.54 Å². The van der Waals surface area contributed by atoms with Gasteiger partial charge in [0.1, 0.15) is 17.2 Å². The highest BCUT2D eigenvalue weighted by atomic mass is 32.2. The van der Waals surface area contributed by atoms with Crippen molar-refractivity contribution in [3.05, 3.63) is 81.5 Å². The molecule has 30 heavy (non-hydrogen) atoms. The number of thioether (sulfide) groups is 1. The van der Waals surface area contributed by atoms with Gasteiger partial charge in [-0.1, -0.05) is 42.1 Å². The van der Waals surface area contributed by atoms with Crippen LogP contribution in [0.25, 0.3) is 11.0 Å². The molecule has 1 aliphatic rings. The van der Waals surface area contributed by atoms with Crippen molar-refractivity contribution in [3.8, 4) is 5.75 Å². The number of phenols is 1. The van der Waals surface area contributed by atoms with Crippen LogP contribution in [0.1, 0.15) is 41.3 Å². The van der Waals surface area contributed by atoms with Gasteiger partial charge in [0.15, 0.2) is 5.16 Å². The van der Waals surface area contributed by atoms with Crippen molar-refractivity contribution in [2.45, 2.75) is 43.1 Å². The number of aromatic nitrogens is 3. The molecule has 0 aliphatic heterocycles. The highest BCUT2D eigenvalue weighted by molar-refractivity contribution is 7.98. The van der Waals surface area contributed by atoms with Crippen LogP contribution in [0.4, 0.5) is 0 Å². The Kier molecular flexibility index (Phi) is 4.83. The van der Waals surface area contributed by atoms with Crippen molar-refractivity contribution in [1.29, 1.82) is 0 Å². The maximum absolute atomic E-state index is 12.1. The predicted molar refractivity (Wildman–Crippen MR) is 116 cm³/mol. The van der Waals surface area contributed by atoms with E-state index in [1.807, 2.05) is 18.2 Å². The van der Waals surface area contributed by atoms with Crippen molar-refractivity contribution in [2.24, 2.45) is 0 Å². The third kappa shape index (κ3) is 3.61. The van der Waals surface area contributed by atoms with Gasteiger partial charge < -0.3 is 14.1 Å². The fourth-order valence-electron chi connectivity index (χ4n) is 3.64. The van der Waals surface area contributed by atoms with E-state index < -0.39 is 5.63 Å². The van der Waals surface area contributed by atoms with Gasteiger partial charge in [-0.3, -0.25) is 0 Å². The minimum absolute atomic E-state index is 0.118. The third-order valence-corrected chi connectivity index (χ3v) is 6.46. The second-order valence-electron chi connectivity index (χ2n) is 7.65. The summed E-state index contributed by atoms with van der Waals surface area (Å²) in [7, 11) is 0. The summed E-state index contributed by atoms with van der Waals surface area (Å²) in [6.45, 7) is 2.47. The Morgan fingerprint density at radius 2 is 1.97 bits per heavy atom. The van der Waals surface area contributed by atoms with E-state index in [1.54, 1.807) is 30.8 Å². The zero-order chi connectivity index (χ0) is 20.7. The minimum Gasteiger partial charge on any atom is -0.508 e. The lowest BCUT2D eigenvalue weighted by atomic mass is 10.1. The number of benzene rings is 2. The zero-order valence-corrected chi connectivity index (χ0v) is 17.4. The van der Waals surface area contributed by atoms with Gasteiger partial charge in [-0.25, -0.2) is 4.79 Å². The van der Waals surface area contributed by atoms with Gasteiger partial charge in [-0.05, 0) is 43.0 Å². The van der Waals surface area contributed by atoms with E-state index in [9.17, 15) is 9.90 Å². The molecule has 7 heteroatoms. The standard InChI is InChI=1S/C23H21N3O3S/c1-14-19(27)10-9-18-17(11-20(28)29-21(14)18)13-30-23-25-24-22(16-7-8-16)26(23)12-15-5-3-2-4-6-15/h2-6,9-11,16,27H,7-8,12-13H2,1H3. The number of phenolic OH excluding ortho intramolecular Hbond substituents is 1. The van der Waals surface area contributed by atoms with Crippen molar-refractivity contribution < 1.29 is 9.52 Å². The average molecular weight is 420 g/mol. The van der Waals surface area contributed by atoms with Crippen LogP contribution < -0.4 is 5.63 Å². The molecule has 0 atom stereocenters. The summed E-state index contributed by atoms with van der Waals surface area (Å²) >= 11 is 1.57. The molecule has 1 N–H and O–H groups in total. The van der Waals surface area contributed by atoms with Gasteiger partial charge in [-0.15, -0.1) is 10.2 Å². The number of fused-ring (bicyclic) bond motifs is 1. The summed E-state index contributed by atoms with van der Waals surface area (Å²) in [5.41, 5.74) is 2.65. The molecule has 4 aromatic rings. The second-order valence-corrected chi connectivity index (χ2v) is 8.60. The molecule has 0 amide bonds. The van der Waals surface area contributed by atoms with Gasteiger partial charge in [0.2, 0.25) is 0 Å². The molecule has 5 rings (SSSR count). The smallest absolute Gasteiger partial charge is 0.336 e. The van der Waals surface area contributed by atoms with E-state index in [0.29, 0.717) is 22.8 Å². The number of aromatic hydroxyl groups is 1. The minimum atomic E-state index is -0.420. The summed E-state index contributed by atoms with van der Waals surface area (Å²) < 4.78 is 7.55.